The number of hydrogen-bond acceptors (Lipinski definition) is 4. The van der Waals surface area contributed by atoms with Gasteiger partial charge in [0.2, 0.25) is 0 Å². The van der Waals surface area contributed by atoms with E-state index in [1.54, 1.807) is 0 Å². The molecule has 2 bridgehead atoms. The van der Waals surface area contributed by atoms with E-state index < -0.39 is 85.6 Å². The number of piperidine rings is 1. The lowest BCUT2D eigenvalue weighted by atomic mass is 9.53. The van der Waals surface area contributed by atoms with Crippen molar-refractivity contribution in [1.82, 2.24) is 4.90 Å². The predicted molar refractivity (Wildman–Crippen MR) is 82.5 cm³/mol. The van der Waals surface area contributed by atoms with Gasteiger partial charge < -0.3 is 19.5 Å². The van der Waals surface area contributed by atoms with E-state index in [-0.39, 0.29) is 12.0 Å². The maximum atomic E-state index is 10.9. The highest BCUT2D eigenvalue weighted by Gasteiger charge is 2.64. The molecule has 1 aromatic carbocycles. The summed E-state index contributed by atoms with van der Waals surface area (Å²) in [5, 5.41) is 10.9. The molecule has 0 saturated carbocycles. The number of ether oxygens (including phenoxy) is 2. The highest BCUT2D eigenvalue weighted by Crippen LogP contribution is 2.62. The van der Waals surface area contributed by atoms with Gasteiger partial charge in [-0.15, -0.1) is 0 Å². The fourth-order valence-corrected chi connectivity index (χ4v) is 3.91. The Kier molecular flexibility index (Phi) is 1.02. The molecule has 4 heteroatoms. The summed E-state index contributed by atoms with van der Waals surface area (Å²) in [6.45, 7) is -3.54. The fourth-order valence-electron chi connectivity index (χ4n) is 3.91. The van der Waals surface area contributed by atoms with E-state index in [1.165, 1.54) is 0 Å². The third kappa shape index (κ3) is 1.28. The van der Waals surface area contributed by atoms with Gasteiger partial charge in [-0.2, -0.15) is 0 Å². The van der Waals surface area contributed by atoms with Crippen molar-refractivity contribution in [2.24, 2.45) is 5.89 Å². The predicted octanol–water partition coefficient (Wildman–Crippen LogP) is 1.50. The minimum atomic E-state index is -3.12. The Morgan fingerprint density at radius 2 is 2.55 bits per heavy atom. The number of rotatable bonds is 1. The minimum Gasteiger partial charge on any atom is -0.493 e. The van der Waals surface area contributed by atoms with Crippen LogP contribution >= 0.6 is 0 Å². The van der Waals surface area contributed by atoms with E-state index in [0.29, 0.717) is 4.90 Å². The molecule has 5 rings (SSSR count). The number of methoxy groups -OCH3 is 1. The second kappa shape index (κ2) is 4.06. The highest BCUT2D eigenvalue weighted by molar-refractivity contribution is 5.62. The Hall–Kier alpha value is -1.52. The Morgan fingerprint density at radius 3 is 3.41 bits per heavy atom. The first-order chi connectivity index (χ1) is 15.7. The molecular formula is C18H21NO3. The van der Waals surface area contributed by atoms with Crippen LogP contribution in [0.2, 0.25) is 0 Å². The Labute approximate surface area is 148 Å². The molecule has 2 aliphatic carbocycles. The molecule has 2 unspecified atom stereocenters. The third-order valence-corrected chi connectivity index (χ3v) is 4.80. The van der Waals surface area contributed by atoms with Crippen LogP contribution in [0.4, 0.5) is 0 Å². The number of hydrogen-bond donors (Lipinski definition) is 1. The summed E-state index contributed by atoms with van der Waals surface area (Å²) in [7, 11) is -3.12. The standard InChI is InChI=1S/C18H21NO3/c1-19-8-7-18-11-4-5-13(20)17(18)22-16-14(21-2)6-3-10(15(16)18)9-12(11)19/h3-6,11-13,17,20H,7-9H2,1-2H3/t11-,12+,13?,17?,18-/m0/s1/i1D3,2D3,3D,6D,9D2,11D,12D,17D. The smallest absolute Gasteiger partial charge is 0.165 e. The van der Waals surface area contributed by atoms with Gasteiger partial charge in [0.1, 0.15) is 12.2 Å². The van der Waals surface area contributed by atoms with E-state index in [1.807, 2.05) is 0 Å². The van der Waals surface area contributed by atoms with Crippen LogP contribution < -0.4 is 9.47 Å². The fraction of sp³-hybridized carbons (Fsp3) is 0.556. The average Bonchev–Trinajstić information content (AvgIpc) is 2.96. The van der Waals surface area contributed by atoms with Crippen molar-refractivity contribution in [1.29, 1.82) is 0 Å². The number of likely N-dealkylation sites (tertiary alicyclic amines) is 1. The number of aliphatic hydroxyl groups excluding tert-OH is 1. The van der Waals surface area contributed by atoms with E-state index in [2.05, 4.69) is 0 Å². The number of likely N-dealkylation sites (N-methyl/N-ethyl adjacent to an activating group) is 1. The van der Waals surface area contributed by atoms with Gasteiger partial charge in [-0.05, 0) is 37.9 Å². The van der Waals surface area contributed by atoms with Crippen molar-refractivity contribution in [3.8, 4) is 11.5 Å². The first kappa shape index (κ1) is 5.53. The van der Waals surface area contributed by atoms with Gasteiger partial charge >= 0.3 is 0 Å². The SMILES string of the molecule is [2H]c1c([2H])c2c3c(c1OC([2H])([2H])[2H])OC1([2H])C(O)C=C[C@]4([2H])[C@@]31CCN(C([2H])([2H])[2H])[C@]4([2H])C2([2H])[2H]. The zero-order valence-corrected chi connectivity index (χ0v) is 11.4. The van der Waals surface area contributed by atoms with Crippen LogP contribution in [0.1, 0.15) is 35.4 Å². The van der Waals surface area contributed by atoms with Crippen LogP contribution in [0.5, 0.6) is 11.5 Å². The van der Waals surface area contributed by atoms with Gasteiger partial charge in [0.05, 0.1) is 15.3 Å². The molecule has 4 nitrogen and oxygen atoms in total. The third-order valence-electron chi connectivity index (χ3n) is 4.80. The van der Waals surface area contributed by atoms with E-state index in [0.717, 1.165) is 12.2 Å². The van der Waals surface area contributed by atoms with E-state index in [9.17, 15) is 7.85 Å². The lowest BCUT2D eigenvalue weighted by Crippen LogP contribution is -2.64. The largest absolute Gasteiger partial charge is 0.493 e. The summed E-state index contributed by atoms with van der Waals surface area (Å²) in [6, 6.07) is -4.74. The molecule has 0 aromatic heterocycles. The second-order valence-electron chi connectivity index (χ2n) is 5.72. The Morgan fingerprint density at radius 1 is 1.59 bits per heavy atom. The molecule has 2 aliphatic heterocycles. The molecule has 1 saturated heterocycles. The Bertz CT molecular complexity index is 1180. The van der Waals surface area contributed by atoms with Crippen LogP contribution in [0.3, 0.4) is 0 Å². The summed E-state index contributed by atoms with van der Waals surface area (Å²) in [5.41, 5.74) is -3.06. The van der Waals surface area contributed by atoms with Crippen LogP contribution in [-0.4, -0.2) is 48.8 Å². The molecule has 4 aliphatic rings. The van der Waals surface area contributed by atoms with Crippen molar-refractivity contribution in [3.63, 3.8) is 0 Å². The van der Waals surface area contributed by atoms with Gasteiger partial charge in [0.15, 0.2) is 11.5 Å². The molecule has 22 heavy (non-hydrogen) atoms. The van der Waals surface area contributed by atoms with Crippen molar-refractivity contribution in [2.45, 2.75) is 36.4 Å². The van der Waals surface area contributed by atoms with Gasteiger partial charge in [-0.3, -0.25) is 0 Å². The molecule has 1 N–H and O–H groups in total. The number of nitrogens with zero attached hydrogens (tertiary/aromatic N) is 1. The maximum Gasteiger partial charge on any atom is 0.165 e. The average molecular weight is 312 g/mol. The first-order valence-corrected chi connectivity index (χ1v) is 6.94. The van der Waals surface area contributed by atoms with Gasteiger partial charge in [0.25, 0.3) is 0 Å². The van der Waals surface area contributed by atoms with Crippen molar-refractivity contribution < 1.29 is 32.4 Å². The first-order valence-electron chi connectivity index (χ1n) is 13.4. The van der Waals surface area contributed by atoms with Gasteiger partial charge in [0, 0.05) is 32.5 Å². The summed E-state index contributed by atoms with van der Waals surface area (Å²) >= 11 is 0. The van der Waals surface area contributed by atoms with Crippen molar-refractivity contribution in [2.75, 3.05) is 20.6 Å². The quantitative estimate of drug-likeness (QED) is 0.798. The number of aliphatic hydroxyl groups is 1. The topological polar surface area (TPSA) is 41.9 Å². The molecule has 116 valence electrons. The van der Waals surface area contributed by atoms with Gasteiger partial charge in [-0.1, -0.05) is 18.2 Å². The summed E-state index contributed by atoms with van der Waals surface area (Å²) < 4.78 is 120. The Balaban J connectivity index is 2.00. The lowest BCUT2D eigenvalue weighted by Gasteiger charge is -2.56. The molecule has 0 radical (unpaired) electrons. The molecule has 1 aromatic rings. The van der Waals surface area contributed by atoms with Crippen LogP contribution in [-0.2, 0) is 11.8 Å². The zero-order chi connectivity index (χ0) is 26.4. The molecule has 5 atom stereocenters. The number of benzene rings is 1. The molecular weight excluding hydrogens is 278 g/mol. The zero-order valence-electron chi connectivity index (χ0n) is 24.4. The molecule has 1 fully saturated rings. The van der Waals surface area contributed by atoms with E-state index in [4.69, 9.17) is 24.6 Å². The molecule has 0 amide bonds. The van der Waals surface area contributed by atoms with Crippen LogP contribution in [0.15, 0.2) is 24.2 Å². The van der Waals surface area contributed by atoms with Crippen molar-refractivity contribution in [3.05, 3.63) is 35.4 Å². The van der Waals surface area contributed by atoms with Crippen molar-refractivity contribution >= 4 is 0 Å². The summed E-state index contributed by atoms with van der Waals surface area (Å²) in [5.74, 6) is -3.90. The van der Waals surface area contributed by atoms with Gasteiger partial charge in [-0.25, -0.2) is 0 Å². The highest BCUT2D eigenvalue weighted by atomic mass is 16.5. The van der Waals surface area contributed by atoms with Crippen LogP contribution in [0, 0.1) is 5.89 Å². The monoisotopic (exact) mass is 312 g/mol. The molecule has 2 heterocycles. The van der Waals surface area contributed by atoms with Crippen LogP contribution in [0.25, 0.3) is 0 Å². The second-order valence-corrected chi connectivity index (χ2v) is 5.72. The summed E-state index contributed by atoms with van der Waals surface area (Å²) in [4.78, 5) is 0.539. The van der Waals surface area contributed by atoms with E-state index >= 15 is 0 Å². The normalized spacial score (nSPS) is 63.1. The molecule has 1 spiro atoms. The summed E-state index contributed by atoms with van der Waals surface area (Å²) in [6.07, 6.45) is -5.79. The maximum absolute atomic E-state index is 10.9. The lowest BCUT2D eigenvalue weighted by molar-refractivity contribution is -0.0453. The minimum absolute atomic E-state index is 0.316.